The number of hydrogen-bond donors (Lipinski definition) is 1. The van der Waals surface area contributed by atoms with Crippen LogP contribution in [0.5, 0.6) is 0 Å². The van der Waals surface area contributed by atoms with E-state index in [1.807, 2.05) is 43.6 Å². The van der Waals surface area contributed by atoms with E-state index in [9.17, 15) is 5.11 Å². The molecule has 4 heteroatoms. The zero-order valence-electron chi connectivity index (χ0n) is 8.65. The molecule has 1 aromatic rings. The highest BCUT2D eigenvalue weighted by Gasteiger charge is 2.24. The molecule has 74 valence electrons. The van der Waals surface area contributed by atoms with Crippen molar-refractivity contribution in [3.05, 3.63) is 12.4 Å². The van der Waals surface area contributed by atoms with Crippen LogP contribution in [0, 0.1) is 0 Å². The minimum absolute atomic E-state index is 0.107. The largest absolute Gasteiger partial charge is 0.394 e. The number of aliphatic hydroxyl groups is 1. The molecule has 0 saturated carbocycles. The van der Waals surface area contributed by atoms with Crippen LogP contribution in [0.2, 0.25) is 0 Å². The van der Waals surface area contributed by atoms with E-state index < -0.39 is 0 Å². The van der Waals surface area contributed by atoms with Gasteiger partial charge in [-0.15, -0.1) is 0 Å². The summed E-state index contributed by atoms with van der Waals surface area (Å²) in [4.78, 5) is 6.17. The topological polar surface area (TPSA) is 41.3 Å². The smallest absolute Gasteiger partial charge is 0.205 e. The average molecular weight is 183 g/mol. The van der Waals surface area contributed by atoms with Gasteiger partial charge in [-0.3, -0.25) is 0 Å². The van der Waals surface area contributed by atoms with Gasteiger partial charge in [-0.2, -0.15) is 0 Å². The number of hydrogen-bond acceptors (Lipinski definition) is 3. The predicted octanol–water partition coefficient (Wildman–Crippen LogP) is 0.627. The first kappa shape index (κ1) is 10.1. The van der Waals surface area contributed by atoms with Gasteiger partial charge in [-0.25, -0.2) is 4.98 Å². The monoisotopic (exact) mass is 183 g/mol. The van der Waals surface area contributed by atoms with Gasteiger partial charge in [0, 0.05) is 26.5 Å². The molecule has 0 unspecified atom stereocenters. The Hall–Kier alpha value is -1.03. The molecule has 0 radical (unpaired) electrons. The molecule has 0 bridgehead atoms. The van der Waals surface area contributed by atoms with Gasteiger partial charge in [-0.05, 0) is 13.8 Å². The lowest BCUT2D eigenvalue weighted by atomic mass is 10.1. The second-order valence-corrected chi connectivity index (χ2v) is 3.87. The van der Waals surface area contributed by atoms with Crippen LogP contribution in [-0.2, 0) is 7.05 Å². The maximum absolute atomic E-state index is 9.18. The molecule has 1 N–H and O–H groups in total. The minimum Gasteiger partial charge on any atom is -0.394 e. The van der Waals surface area contributed by atoms with Crippen LogP contribution in [0.4, 0.5) is 5.95 Å². The lowest BCUT2D eigenvalue weighted by Gasteiger charge is -2.34. The lowest BCUT2D eigenvalue weighted by Crippen LogP contribution is -2.45. The highest BCUT2D eigenvalue weighted by atomic mass is 16.3. The van der Waals surface area contributed by atoms with Crippen LogP contribution in [-0.4, -0.2) is 33.9 Å². The summed E-state index contributed by atoms with van der Waals surface area (Å²) in [6, 6.07) is 0. The molecule has 0 aliphatic rings. The Morgan fingerprint density at radius 1 is 1.62 bits per heavy atom. The Morgan fingerprint density at radius 2 is 2.23 bits per heavy atom. The SMILES string of the molecule is CN(c1nccn1C)C(C)(C)CO. The van der Waals surface area contributed by atoms with E-state index in [1.165, 1.54) is 0 Å². The summed E-state index contributed by atoms with van der Waals surface area (Å²) in [7, 11) is 3.87. The number of aliphatic hydroxyl groups excluding tert-OH is 1. The highest BCUT2D eigenvalue weighted by molar-refractivity contribution is 5.33. The molecule has 13 heavy (non-hydrogen) atoms. The number of rotatable bonds is 3. The summed E-state index contributed by atoms with van der Waals surface area (Å²) in [5.41, 5.74) is -0.279. The maximum Gasteiger partial charge on any atom is 0.205 e. The van der Waals surface area contributed by atoms with Crippen molar-refractivity contribution in [3.63, 3.8) is 0 Å². The Labute approximate surface area is 78.8 Å². The first-order valence-electron chi connectivity index (χ1n) is 4.31. The van der Waals surface area contributed by atoms with Crippen LogP contribution in [0.25, 0.3) is 0 Å². The number of aromatic nitrogens is 2. The van der Waals surface area contributed by atoms with E-state index in [0.29, 0.717) is 0 Å². The van der Waals surface area contributed by atoms with Crippen LogP contribution in [0.15, 0.2) is 12.4 Å². The van der Waals surface area contributed by atoms with Crippen LogP contribution in [0.3, 0.4) is 0 Å². The first-order chi connectivity index (χ1) is 5.99. The average Bonchev–Trinajstić information content (AvgIpc) is 2.50. The lowest BCUT2D eigenvalue weighted by molar-refractivity contribution is 0.214. The Bertz CT molecular complexity index is 280. The molecular weight excluding hydrogens is 166 g/mol. The quantitative estimate of drug-likeness (QED) is 0.747. The van der Waals surface area contributed by atoms with E-state index in [4.69, 9.17) is 0 Å². The summed E-state index contributed by atoms with van der Waals surface area (Å²) in [6.45, 7) is 4.06. The van der Waals surface area contributed by atoms with E-state index in [1.54, 1.807) is 6.20 Å². The normalized spacial score (nSPS) is 11.8. The minimum atomic E-state index is -0.279. The molecular formula is C9H17N3O. The number of imidazole rings is 1. The number of aryl methyl sites for hydroxylation is 1. The third-order valence-electron chi connectivity index (χ3n) is 2.39. The van der Waals surface area contributed by atoms with Gasteiger partial charge < -0.3 is 14.6 Å². The molecule has 0 saturated heterocycles. The zero-order chi connectivity index (χ0) is 10.1. The van der Waals surface area contributed by atoms with E-state index in [2.05, 4.69) is 4.98 Å². The van der Waals surface area contributed by atoms with Crippen molar-refractivity contribution >= 4 is 5.95 Å². The maximum atomic E-state index is 9.18. The predicted molar refractivity (Wildman–Crippen MR) is 52.8 cm³/mol. The van der Waals surface area contributed by atoms with Gasteiger partial charge in [0.15, 0.2) is 0 Å². The molecule has 0 spiro atoms. The molecule has 0 aromatic carbocycles. The fourth-order valence-corrected chi connectivity index (χ4v) is 1.06. The summed E-state index contributed by atoms with van der Waals surface area (Å²) >= 11 is 0. The van der Waals surface area contributed by atoms with Crippen molar-refractivity contribution in [3.8, 4) is 0 Å². The van der Waals surface area contributed by atoms with Crippen molar-refractivity contribution in [2.45, 2.75) is 19.4 Å². The van der Waals surface area contributed by atoms with Crippen molar-refractivity contribution < 1.29 is 5.11 Å². The third kappa shape index (κ3) is 1.83. The molecule has 4 nitrogen and oxygen atoms in total. The Balaban J connectivity index is 2.91. The van der Waals surface area contributed by atoms with Gasteiger partial charge in [-0.1, -0.05) is 0 Å². The molecule has 0 amide bonds. The Morgan fingerprint density at radius 3 is 2.62 bits per heavy atom. The Kier molecular flexibility index (Phi) is 2.61. The second-order valence-electron chi connectivity index (χ2n) is 3.87. The molecule has 0 aliphatic carbocycles. The first-order valence-corrected chi connectivity index (χ1v) is 4.31. The second kappa shape index (κ2) is 3.38. The van der Waals surface area contributed by atoms with E-state index >= 15 is 0 Å². The summed E-state index contributed by atoms with van der Waals surface area (Å²) in [5.74, 6) is 0.860. The number of anilines is 1. The molecule has 0 fully saturated rings. The zero-order valence-corrected chi connectivity index (χ0v) is 8.65. The van der Waals surface area contributed by atoms with E-state index in [-0.39, 0.29) is 12.1 Å². The fourth-order valence-electron chi connectivity index (χ4n) is 1.06. The summed E-state index contributed by atoms with van der Waals surface area (Å²) in [5, 5.41) is 9.18. The van der Waals surface area contributed by atoms with Crippen molar-refractivity contribution in [2.75, 3.05) is 18.6 Å². The van der Waals surface area contributed by atoms with Gasteiger partial charge in [0.2, 0.25) is 5.95 Å². The van der Waals surface area contributed by atoms with E-state index in [0.717, 1.165) is 5.95 Å². The van der Waals surface area contributed by atoms with Crippen molar-refractivity contribution in [1.82, 2.24) is 9.55 Å². The third-order valence-corrected chi connectivity index (χ3v) is 2.39. The number of nitrogens with zero attached hydrogens (tertiary/aromatic N) is 3. The van der Waals surface area contributed by atoms with Crippen LogP contribution in [0.1, 0.15) is 13.8 Å². The van der Waals surface area contributed by atoms with Crippen LogP contribution >= 0.6 is 0 Å². The molecule has 0 atom stereocenters. The highest BCUT2D eigenvalue weighted by Crippen LogP contribution is 2.18. The molecule has 1 heterocycles. The molecule has 1 rings (SSSR count). The van der Waals surface area contributed by atoms with Gasteiger partial charge in [0.1, 0.15) is 0 Å². The standard InChI is InChI=1S/C9H17N3O/c1-9(2,7-13)12(4)8-10-5-6-11(8)3/h5-6,13H,7H2,1-4H3. The fraction of sp³-hybridized carbons (Fsp3) is 0.667. The van der Waals surface area contributed by atoms with Gasteiger partial charge in [0.25, 0.3) is 0 Å². The number of likely N-dealkylation sites (N-methyl/N-ethyl adjacent to an activating group) is 1. The van der Waals surface area contributed by atoms with Gasteiger partial charge >= 0.3 is 0 Å². The van der Waals surface area contributed by atoms with Crippen molar-refractivity contribution in [2.24, 2.45) is 7.05 Å². The summed E-state index contributed by atoms with van der Waals surface area (Å²) in [6.07, 6.45) is 3.64. The van der Waals surface area contributed by atoms with Crippen molar-refractivity contribution in [1.29, 1.82) is 0 Å². The summed E-state index contributed by atoms with van der Waals surface area (Å²) < 4.78 is 1.93. The molecule has 1 aromatic heterocycles. The van der Waals surface area contributed by atoms with Crippen LogP contribution < -0.4 is 4.90 Å². The molecule has 0 aliphatic heterocycles. The van der Waals surface area contributed by atoms with Gasteiger partial charge in [0.05, 0.1) is 12.1 Å².